The summed E-state index contributed by atoms with van der Waals surface area (Å²) in [6, 6.07) is 6.19. The third-order valence-corrected chi connectivity index (χ3v) is 3.71. The lowest BCUT2D eigenvalue weighted by molar-refractivity contribution is 0.259. The van der Waals surface area contributed by atoms with Crippen molar-refractivity contribution in [2.75, 3.05) is 7.11 Å². The average Bonchev–Trinajstić information content (AvgIpc) is 2.14. The molecule has 0 heterocycles. The molecule has 0 radical (unpaired) electrons. The van der Waals surface area contributed by atoms with Gasteiger partial charge in [-0.2, -0.15) is 0 Å². The van der Waals surface area contributed by atoms with Crippen LogP contribution in [0.5, 0.6) is 5.75 Å². The maximum atomic E-state index is 6.23. The zero-order chi connectivity index (χ0) is 10.8. The molecule has 1 aromatic rings. The van der Waals surface area contributed by atoms with Crippen molar-refractivity contribution in [2.24, 2.45) is 11.7 Å². The monoisotopic (exact) mass is 269 g/mol. The molecule has 3 heteroatoms. The van der Waals surface area contributed by atoms with E-state index < -0.39 is 0 Å². The number of nitrogens with two attached hydrogens (primary N) is 1. The Morgan fingerprint density at radius 1 is 1.47 bits per heavy atom. The fraction of sp³-hybridized carbons (Fsp3) is 0.500. The highest BCUT2D eigenvalue weighted by atomic mass is 79.9. The van der Waals surface area contributed by atoms with Crippen molar-refractivity contribution in [3.05, 3.63) is 28.2 Å². The van der Waals surface area contributed by atoms with Crippen molar-refractivity contribution < 1.29 is 4.74 Å². The maximum Gasteiger partial charge on any atom is 0.124 e. The summed E-state index contributed by atoms with van der Waals surface area (Å²) in [5, 5.41) is 0. The molecule has 0 aliphatic heterocycles. The van der Waals surface area contributed by atoms with Gasteiger partial charge in [-0.25, -0.2) is 0 Å². The molecule has 1 atom stereocenters. The predicted octanol–water partition coefficient (Wildman–Crippen LogP) is 3.26. The van der Waals surface area contributed by atoms with Gasteiger partial charge in [0.15, 0.2) is 0 Å². The fourth-order valence-electron chi connectivity index (χ4n) is 2.01. The van der Waals surface area contributed by atoms with E-state index in [1.54, 1.807) is 7.11 Å². The molecule has 0 saturated heterocycles. The molecule has 1 saturated carbocycles. The normalized spacial score (nSPS) is 18.3. The molecular weight excluding hydrogens is 254 g/mol. The summed E-state index contributed by atoms with van der Waals surface area (Å²) in [6.45, 7) is 0. The Morgan fingerprint density at radius 2 is 2.20 bits per heavy atom. The van der Waals surface area contributed by atoms with Gasteiger partial charge in [-0.3, -0.25) is 0 Å². The van der Waals surface area contributed by atoms with E-state index >= 15 is 0 Å². The number of rotatable bonds is 3. The molecule has 0 bridgehead atoms. The second-order valence-corrected chi connectivity index (χ2v) is 5.02. The molecule has 1 fully saturated rings. The Kier molecular flexibility index (Phi) is 3.32. The third kappa shape index (κ3) is 2.18. The van der Waals surface area contributed by atoms with Crippen LogP contribution in [-0.2, 0) is 0 Å². The standard InChI is InChI=1S/C12H16BrNO/c1-15-11-7-9(13)5-6-10(11)12(14)8-3-2-4-8/h5-8,12H,2-4,14H2,1H3/t12-/m1/s1. The van der Waals surface area contributed by atoms with Gasteiger partial charge in [0.2, 0.25) is 0 Å². The average molecular weight is 270 g/mol. The van der Waals surface area contributed by atoms with E-state index in [1.807, 2.05) is 12.1 Å². The first-order chi connectivity index (χ1) is 7.22. The quantitative estimate of drug-likeness (QED) is 0.915. The minimum atomic E-state index is 0.127. The van der Waals surface area contributed by atoms with Crippen molar-refractivity contribution in [1.82, 2.24) is 0 Å². The van der Waals surface area contributed by atoms with Gasteiger partial charge >= 0.3 is 0 Å². The molecule has 2 N–H and O–H groups in total. The van der Waals surface area contributed by atoms with Gasteiger partial charge in [0.05, 0.1) is 7.11 Å². The van der Waals surface area contributed by atoms with E-state index in [9.17, 15) is 0 Å². The Bertz CT molecular complexity index is 349. The SMILES string of the molecule is COc1cc(Br)ccc1[C@H](N)C1CCC1. The smallest absolute Gasteiger partial charge is 0.124 e. The van der Waals surface area contributed by atoms with Crippen LogP contribution in [-0.4, -0.2) is 7.11 Å². The lowest BCUT2D eigenvalue weighted by Gasteiger charge is -2.32. The predicted molar refractivity (Wildman–Crippen MR) is 65.0 cm³/mol. The molecule has 1 aliphatic rings. The lowest BCUT2D eigenvalue weighted by atomic mass is 9.77. The minimum absolute atomic E-state index is 0.127. The number of hydrogen-bond acceptors (Lipinski definition) is 2. The zero-order valence-corrected chi connectivity index (χ0v) is 10.5. The van der Waals surface area contributed by atoms with Crippen molar-refractivity contribution in [3.63, 3.8) is 0 Å². The highest BCUT2D eigenvalue weighted by Gasteiger charge is 2.27. The summed E-state index contributed by atoms with van der Waals surface area (Å²) >= 11 is 3.43. The summed E-state index contributed by atoms with van der Waals surface area (Å²) < 4.78 is 6.39. The highest BCUT2D eigenvalue weighted by Crippen LogP contribution is 2.39. The second kappa shape index (κ2) is 4.54. The van der Waals surface area contributed by atoms with Gasteiger partial charge in [-0.1, -0.05) is 28.4 Å². The van der Waals surface area contributed by atoms with Gasteiger partial charge in [0, 0.05) is 16.1 Å². The molecule has 2 nitrogen and oxygen atoms in total. The van der Waals surface area contributed by atoms with E-state index in [2.05, 4.69) is 22.0 Å². The molecule has 0 unspecified atom stereocenters. The first-order valence-corrected chi connectivity index (χ1v) is 6.10. The van der Waals surface area contributed by atoms with Crippen molar-refractivity contribution in [2.45, 2.75) is 25.3 Å². The van der Waals surface area contributed by atoms with Gasteiger partial charge in [0.1, 0.15) is 5.75 Å². The van der Waals surface area contributed by atoms with E-state index in [4.69, 9.17) is 10.5 Å². The molecule has 15 heavy (non-hydrogen) atoms. The van der Waals surface area contributed by atoms with Crippen molar-refractivity contribution in [3.8, 4) is 5.75 Å². The number of hydrogen-bond donors (Lipinski definition) is 1. The largest absolute Gasteiger partial charge is 0.496 e. The topological polar surface area (TPSA) is 35.2 Å². The molecule has 82 valence electrons. The lowest BCUT2D eigenvalue weighted by Crippen LogP contribution is -2.27. The molecule has 0 spiro atoms. The Morgan fingerprint density at radius 3 is 2.73 bits per heavy atom. The number of halogens is 1. The molecule has 0 amide bonds. The van der Waals surface area contributed by atoms with Crippen LogP contribution in [0.25, 0.3) is 0 Å². The van der Waals surface area contributed by atoms with Crippen LogP contribution in [0.15, 0.2) is 22.7 Å². The maximum absolute atomic E-state index is 6.23. The summed E-state index contributed by atoms with van der Waals surface area (Å²) in [6.07, 6.45) is 3.82. The first kappa shape index (κ1) is 11.0. The molecular formula is C12H16BrNO. The summed E-state index contributed by atoms with van der Waals surface area (Å²) in [5.74, 6) is 1.53. The van der Waals surface area contributed by atoms with Crippen LogP contribution in [0.1, 0.15) is 30.9 Å². The van der Waals surface area contributed by atoms with Crippen LogP contribution >= 0.6 is 15.9 Å². The third-order valence-electron chi connectivity index (χ3n) is 3.21. The fourth-order valence-corrected chi connectivity index (χ4v) is 2.35. The molecule has 1 aromatic carbocycles. The van der Waals surface area contributed by atoms with Gasteiger partial charge in [-0.15, -0.1) is 0 Å². The van der Waals surface area contributed by atoms with E-state index in [-0.39, 0.29) is 6.04 Å². The van der Waals surface area contributed by atoms with Crippen LogP contribution in [0.4, 0.5) is 0 Å². The van der Waals surface area contributed by atoms with E-state index in [1.165, 1.54) is 19.3 Å². The molecule has 1 aliphatic carbocycles. The first-order valence-electron chi connectivity index (χ1n) is 5.31. The molecule has 0 aromatic heterocycles. The number of benzene rings is 1. The highest BCUT2D eigenvalue weighted by molar-refractivity contribution is 9.10. The Hall–Kier alpha value is -0.540. The van der Waals surface area contributed by atoms with Crippen LogP contribution in [0.2, 0.25) is 0 Å². The van der Waals surface area contributed by atoms with Gasteiger partial charge < -0.3 is 10.5 Å². The zero-order valence-electron chi connectivity index (χ0n) is 8.87. The van der Waals surface area contributed by atoms with E-state index in [0.717, 1.165) is 15.8 Å². The van der Waals surface area contributed by atoms with Crippen molar-refractivity contribution >= 4 is 15.9 Å². The van der Waals surface area contributed by atoms with Gasteiger partial charge in [-0.05, 0) is 30.9 Å². The summed E-state index contributed by atoms with van der Waals surface area (Å²) in [7, 11) is 1.69. The van der Waals surface area contributed by atoms with Crippen LogP contribution in [0, 0.1) is 5.92 Å². The Balaban J connectivity index is 2.25. The van der Waals surface area contributed by atoms with E-state index in [0.29, 0.717) is 5.92 Å². The number of methoxy groups -OCH3 is 1. The van der Waals surface area contributed by atoms with Crippen molar-refractivity contribution in [1.29, 1.82) is 0 Å². The van der Waals surface area contributed by atoms with Gasteiger partial charge in [0.25, 0.3) is 0 Å². The summed E-state index contributed by atoms with van der Waals surface area (Å²) in [4.78, 5) is 0. The van der Waals surface area contributed by atoms with Crippen LogP contribution < -0.4 is 10.5 Å². The molecule has 2 rings (SSSR count). The Labute approximate surface area is 98.9 Å². The van der Waals surface area contributed by atoms with Crippen LogP contribution in [0.3, 0.4) is 0 Å². The summed E-state index contributed by atoms with van der Waals surface area (Å²) in [5.41, 5.74) is 7.36. The minimum Gasteiger partial charge on any atom is -0.496 e. The second-order valence-electron chi connectivity index (χ2n) is 4.10. The number of ether oxygens (including phenoxy) is 1.